The number of aryl methyl sites for hydroxylation is 2. The molecule has 1 aliphatic carbocycles. The van der Waals surface area contributed by atoms with Gasteiger partial charge in [0.05, 0.1) is 24.8 Å². The Balaban J connectivity index is 1.60. The lowest BCUT2D eigenvalue weighted by atomic mass is 10.0. The normalized spacial score (nSPS) is 13.8. The number of hydrogen-bond acceptors (Lipinski definition) is 6. The Morgan fingerprint density at radius 3 is 2.14 bits per heavy atom. The summed E-state index contributed by atoms with van der Waals surface area (Å²) in [6.07, 6.45) is 4.03. The smallest absolute Gasteiger partial charge is 0.264 e. The van der Waals surface area contributed by atoms with Gasteiger partial charge in [-0.25, -0.2) is 8.42 Å². The van der Waals surface area contributed by atoms with Crippen LogP contribution in [0.4, 0.5) is 5.69 Å². The molecular formula is C39H44ClN3O6S. The van der Waals surface area contributed by atoms with E-state index in [2.05, 4.69) is 5.32 Å². The first-order valence-electron chi connectivity index (χ1n) is 16.7. The summed E-state index contributed by atoms with van der Waals surface area (Å²) in [6.45, 7) is 3.21. The van der Waals surface area contributed by atoms with E-state index in [0.29, 0.717) is 22.0 Å². The van der Waals surface area contributed by atoms with Gasteiger partial charge in [0.15, 0.2) is 11.5 Å². The molecule has 0 radical (unpaired) electrons. The van der Waals surface area contributed by atoms with Crippen LogP contribution in [0.5, 0.6) is 11.5 Å². The zero-order valence-corrected chi connectivity index (χ0v) is 30.5. The van der Waals surface area contributed by atoms with Gasteiger partial charge in [-0.3, -0.25) is 13.9 Å². The molecule has 5 rings (SSSR count). The number of hydrogen-bond donors (Lipinski definition) is 1. The summed E-state index contributed by atoms with van der Waals surface area (Å²) in [5, 5.41) is 3.68. The van der Waals surface area contributed by atoms with Crippen molar-refractivity contribution in [3.8, 4) is 11.5 Å². The Morgan fingerprint density at radius 1 is 0.840 bits per heavy atom. The monoisotopic (exact) mass is 717 g/mol. The van der Waals surface area contributed by atoms with Gasteiger partial charge in [0.2, 0.25) is 11.8 Å². The number of anilines is 1. The van der Waals surface area contributed by atoms with E-state index in [1.165, 1.54) is 37.3 Å². The number of nitrogens with one attached hydrogen (secondary N) is 1. The van der Waals surface area contributed by atoms with Crippen molar-refractivity contribution in [2.45, 2.75) is 69.5 Å². The van der Waals surface area contributed by atoms with E-state index < -0.39 is 28.5 Å². The lowest BCUT2D eigenvalue weighted by Crippen LogP contribution is -2.54. The van der Waals surface area contributed by atoms with Crippen molar-refractivity contribution in [3.05, 3.63) is 118 Å². The molecule has 0 unspecified atom stereocenters. The molecule has 50 heavy (non-hydrogen) atoms. The average molecular weight is 718 g/mol. The first-order valence-corrected chi connectivity index (χ1v) is 18.5. The lowest BCUT2D eigenvalue weighted by molar-refractivity contribution is -0.140. The van der Waals surface area contributed by atoms with Crippen LogP contribution in [0.25, 0.3) is 0 Å². The maximum Gasteiger partial charge on any atom is 0.264 e. The summed E-state index contributed by atoms with van der Waals surface area (Å²) in [5.41, 5.74) is 3.55. The van der Waals surface area contributed by atoms with E-state index in [1.54, 1.807) is 30.3 Å². The fraction of sp³-hybridized carbons (Fsp3) is 0.333. The highest BCUT2D eigenvalue weighted by molar-refractivity contribution is 7.92. The van der Waals surface area contributed by atoms with Gasteiger partial charge >= 0.3 is 0 Å². The standard InChI is InChI=1S/C39H44ClN3O6S/c1-27-19-28(2)21-33(20-27)43(50(46,47)34-17-18-36(48-3)37(24-34)49-4)26-38(44)42(25-30-13-10-14-31(40)22-30)35(23-29-11-6-5-7-12-29)39(45)41-32-15-8-9-16-32/h5-7,10-14,17-22,24,32,35H,8-9,15-16,23,25-26H2,1-4H3,(H,41,45)/t35-/m1/s1. The van der Waals surface area contributed by atoms with Crippen LogP contribution in [0.2, 0.25) is 5.02 Å². The summed E-state index contributed by atoms with van der Waals surface area (Å²) in [6, 6.07) is 25.4. The number of nitrogens with zero attached hydrogens (tertiary/aromatic N) is 2. The molecule has 4 aromatic carbocycles. The van der Waals surface area contributed by atoms with Gasteiger partial charge in [-0.2, -0.15) is 0 Å². The number of halogens is 1. The third-order valence-corrected chi connectivity index (χ3v) is 10.9. The largest absolute Gasteiger partial charge is 0.493 e. The summed E-state index contributed by atoms with van der Waals surface area (Å²) in [5.74, 6) is -0.230. The number of ether oxygens (including phenoxy) is 2. The van der Waals surface area contributed by atoms with Crippen LogP contribution in [0.1, 0.15) is 47.9 Å². The Kier molecular flexibility index (Phi) is 12.1. The zero-order chi connectivity index (χ0) is 35.8. The SMILES string of the molecule is COc1ccc(S(=O)(=O)N(CC(=O)N(Cc2cccc(Cl)c2)[C@H](Cc2ccccc2)C(=O)NC2CCCC2)c2cc(C)cc(C)c2)cc1OC. The number of carbonyl (C=O) groups is 2. The molecule has 4 aromatic rings. The molecule has 0 aromatic heterocycles. The molecule has 1 N–H and O–H groups in total. The quantitative estimate of drug-likeness (QED) is 0.153. The van der Waals surface area contributed by atoms with Crippen LogP contribution < -0.4 is 19.1 Å². The second kappa shape index (κ2) is 16.4. The molecule has 2 amide bonds. The molecule has 1 atom stereocenters. The number of sulfonamides is 1. The molecule has 9 nitrogen and oxygen atoms in total. The second-order valence-electron chi connectivity index (χ2n) is 12.7. The van der Waals surface area contributed by atoms with Crippen molar-refractivity contribution in [2.24, 2.45) is 0 Å². The third kappa shape index (κ3) is 8.97. The van der Waals surface area contributed by atoms with Crippen LogP contribution in [0, 0.1) is 13.8 Å². The van der Waals surface area contributed by atoms with Gasteiger partial charge in [0, 0.05) is 30.1 Å². The van der Waals surface area contributed by atoms with Crippen molar-refractivity contribution in [2.75, 3.05) is 25.1 Å². The Bertz CT molecular complexity index is 1890. The van der Waals surface area contributed by atoms with Crippen LogP contribution in [-0.2, 0) is 32.6 Å². The maximum absolute atomic E-state index is 14.8. The summed E-state index contributed by atoms with van der Waals surface area (Å²) in [7, 11) is -1.45. The Labute approximate surface area is 300 Å². The topological polar surface area (TPSA) is 105 Å². The molecule has 1 saturated carbocycles. The number of carbonyl (C=O) groups excluding carboxylic acids is 2. The highest BCUT2D eigenvalue weighted by Gasteiger charge is 2.36. The highest BCUT2D eigenvalue weighted by atomic mass is 35.5. The predicted molar refractivity (Wildman–Crippen MR) is 196 cm³/mol. The second-order valence-corrected chi connectivity index (χ2v) is 15.0. The number of rotatable bonds is 14. The maximum atomic E-state index is 14.8. The van der Waals surface area contributed by atoms with E-state index >= 15 is 0 Å². The molecule has 0 spiro atoms. The molecule has 1 aliphatic rings. The fourth-order valence-corrected chi connectivity index (χ4v) is 8.11. The van der Waals surface area contributed by atoms with Crippen LogP contribution >= 0.6 is 11.6 Å². The van der Waals surface area contributed by atoms with Gasteiger partial charge in [-0.05, 0) is 85.3 Å². The molecule has 0 aliphatic heterocycles. The van der Waals surface area contributed by atoms with Crippen molar-refractivity contribution in [1.82, 2.24) is 10.2 Å². The minimum absolute atomic E-state index is 0.0149. The van der Waals surface area contributed by atoms with E-state index in [0.717, 1.165) is 46.7 Å². The van der Waals surface area contributed by atoms with Crippen LogP contribution in [0.3, 0.4) is 0 Å². The van der Waals surface area contributed by atoms with Crippen molar-refractivity contribution < 1.29 is 27.5 Å². The Hall–Kier alpha value is -4.54. The Morgan fingerprint density at radius 2 is 1.50 bits per heavy atom. The van der Waals surface area contributed by atoms with Crippen molar-refractivity contribution >= 4 is 39.1 Å². The molecule has 11 heteroatoms. The summed E-state index contributed by atoms with van der Waals surface area (Å²) in [4.78, 5) is 30.4. The van der Waals surface area contributed by atoms with E-state index in [1.807, 2.05) is 56.3 Å². The molecule has 0 saturated heterocycles. The molecule has 0 bridgehead atoms. The minimum Gasteiger partial charge on any atom is -0.493 e. The van der Waals surface area contributed by atoms with E-state index in [9.17, 15) is 18.0 Å². The number of amides is 2. The number of benzene rings is 4. The first-order chi connectivity index (χ1) is 24.0. The van der Waals surface area contributed by atoms with Crippen molar-refractivity contribution in [3.63, 3.8) is 0 Å². The van der Waals surface area contributed by atoms with Crippen LogP contribution in [-0.4, -0.2) is 58.0 Å². The van der Waals surface area contributed by atoms with Gasteiger partial charge in [-0.1, -0.05) is 73.0 Å². The fourth-order valence-electron chi connectivity index (χ4n) is 6.48. The molecular weight excluding hydrogens is 674 g/mol. The minimum atomic E-state index is -4.35. The highest BCUT2D eigenvalue weighted by Crippen LogP contribution is 2.33. The van der Waals surface area contributed by atoms with Crippen molar-refractivity contribution in [1.29, 1.82) is 0 Å². The molecule has 1 fully saturated rings. The summed E-state index contributed by atoms with van der Waals surface area (Å²) < 4.78 is 41.0. The van der Waals surface area contributed by atoms with Gasteiger partial charge in [0.1, 0.15) is 12.6 Å². The third-order valence-electron chi connectivity index (χ3n) is 8.93. The van der Waals surface area contributed by atoms with Gasteiger partial charge < -0.3 is 19.7 Å². The average Bonchev–Trinajstić information content (AvgIpc) is 3.61. The van der Waals surface area contributed by atoms with E-state index in [-0.39, 0.29) is 35.6 Å². The summed E-state index contributed by atoms with van der Waals surface area (Å²) >= 11 is 6.37. The van der Waals surface area contributed by atoms with E-state index in [4.69, 9.17) is 21.1 Å². The predicted octanol–water partition coefficient (Wildman–Crippen LogP) is 6.87. The lowest BCUT2D eigenvalue weighted by Gasteiger charge is -2.34. The van der Waals surface area contributed by atoms with Crippen LogP contribution in [0.15, 0.2) is 95.9 Å². The molecule has 264 valence electrons. The van der Waals surface area contributed by atoms with Gasteiger partial charge in [0.25, 0.3) is 10.0 Å². The number of methoxy groups -OCH3 is 2. The molecule has 0 heterocycles. The zero-order valence-electron chi connectivity index (χ0n) is 28.9. The van der Waals surface area contributed by atoms with Gasteiger partial charge in [-0.15, -0.1) is 0 Å². The first kappa shape index (κ1) is 36.7.